The lowest BCUT2D eigenvalue weighted by molar-refractivity contribution is -0.132. The predicted molar refractivity (Wildman–Crippen MR) is 93.9 cm³/mol. The summed E-state index contributed by atoms with van der Waals surface area (Å²) in [6.45, 7) is 6.02. The van der Waals surface area contributed by atoms with Gasteiger partial charge >= 0.3 is 6.03 Å². The lowest BCUT2D eigenvalue weighted by Crippen LogP contribution is -2.52. The highest BCUT2D eigenvalue weighted by atomic mass is 35.5. The van der Waals surface area contributed by atoms with Crippen molar-refractivity contribution in [3.05, 3.63) is 29.8 Å². The molecular weight excluding hydrogens is 316 g/mol. The number of nitrogens with zero attached hydrogens (tertiary/aromatic N) is 2. The van der Waals surface area contributed by atoms with Crippen molar-refractivity contribution >= 4 is 30.0 Å². The fourth-order valence-corrected chi connectivity index (χ4v) is 2.49. The van der Waals surface area contributed by atoms with Crippen LogP contribution < -0.4 is 11.1 Å². The Morgan fingerprint density at radius 1 is 1.22 bits per heavy atom. The number of carbonyl (C=O) groups excluding carboxylic acids is 2. The second-order valence-corrected chi connectivity index (χ2v) is 5.85. The minimum absolute atomic E-state index is 0. The molecule has 0 aliphatic carbocycles. The molecule has 1 fully saturated rings. The number of hydrogen-bond acceptors (Lipinski definition) is 3. The summed E-state index contributed by atoms with van der Waals surface area (Å²) in [5.74, 6) is 0.0637. The first-order valence-corrected chi connectivity index (χ1v) is 7.61. The predicted octanol–water partition coefficient (Wildman–Crippen LogP) is 1.83. The van der Waals surface area contributed by atoms with Gasteiger partial charge in [0.15, 0.2) is 0 Å². The minimum Gasteiger partial charge on any atom is -0.339 e. The van der Waals surface area contributed by atoms with Crippen LogP contribution in [0.4, 0.5) is 10.5 Å². The first kappa shape index (κ1) is 19.3. The normalized spacial score (nSPS) is 15.6. The summed E-state index contributed by atoms with van der Waals surface area (Å²) >= 11 is 0. The van der Waals surface area contributed by atoms with Gasteiger partial charge in [-0.25, -0.2) is 4.79 Å². The number of aryl methyl sites for hydroxylation is 1. The third-order valence-corrected chi connectivity index (χ3v) is 3.69. The van der Waals surface area contributed by atoms with Crippen LogP contribution in [-0.2, 0) is 4.79 Å². The van der Waals surface area contributed by atoms with Gasteiger partial charge < -0.3 is 20.9 Å². The Labute approximate surface area is 143 Å². The number of anilines is 1. The van der Waals surface area contributed by atoms with Crippen molar-refractivity contribution in [2.75, 3.05) is 31.5 Å². The number of benzene rings is 1. The number of nitrogens with one attached hydrogen (secondary N) is 1. The van der Waals surface area contributed by atoms with Gasteiger partial charge in [-0.05, 0) is 31.5 Å². The quantitative estimate of drug-likeness (QED) is 0.881. The minimum atomic E-state index is -0.129. The van der Waals surface area contributed by atoms with Crippen molar-refractivity contribution in [1.29, 1.82) is 0 Å². The highest BCUT2D eigenvalue weighted by Crippen LogP contribution is 2.12. The van der Waals surface area contributed by atoms with E-state index in [4.69, 9.17) is 5.73 Å². The molecule has 1 atom stereocenters. The largest absolute Gasteiger partial charge is 0.339 e. The molecule has 0 saturated carbocycles. The number of piperazine rings is 1. The van der Waals surface area contributed by atoms with E-state index in [1.807, 2.05) is 38.1 Å². The van der Waals surface area contributed by atoms with Crippen LogP contribution in [0.3, 0.4) is 0 Å². The van der Waals surface area contributed by atoms with Crippen LogP contribution in [0.5, 0.6) is 0 Å². The van der Waals surface area contributed by atoms with Gasteiger partial charge in [0.2, 0.25) is 5.91 Å². The standard InChI is InChI=1S/C16H24N4O2.ClH/c1-12-4-3-5-14(10-12)18-16(22)20-8-6-19(7-9-20)15(21)11-13(2)17;/h3-5,10,13H,6-9,11,17H2,1-2H3,(H,18,22);1H. The summed E-state index contributed by atoms with van der Waals surface area (Å²) in [6.07, 6.45) is 0.357. The second kappa shape index (κ2) is 8.74. The lowest BCUT2D eigenvalue weighted by Gasteiger charge is -2.35. The first-order chi connectivity index (χ1) is 10.5. The molecule has 0 radical (unpaired) electrons. The lowest BCUT2D eigenvalue weighted by atomic mass is 10.2. The smallest absolute Gasteiger partial charge is 0.321 e. The molecule has 1 aliphatic heterocycles. The Balaban J connectivity index is 0.00000264. The molecule has 1 saturated heterocycles. The highest BCUT2D eigenvalue weighted by Gasteiger charge is 2.24. The van der Waals surface area contributed by atoms with Crippen molar-refractivity contribution in [2.24, 2.45) is 5.73 Å². The Hall–Kier alpha value is -1.79. The molecule has 0 spiro atoms. The number of amides is 3. The zero-order chi connectivity index (χ0) is 16.1. The fraction of sp³-hybridized carbons (Fsp3) is 0.500. The van der Waals surface area contributed by atoms with E-state index < -0.39 is 0 Å². The van der Waals surface area contributed by atoms with E-state index in [2.05, 4.69) is 5.32 Å². The Kier molecular flexibility index (Phi) is 7.32. The Bertz CT molecular complexity index is 543. The van der Waals surface area contributed by atoms with E-state index in [0.717, 1.165) is 11.3 Å². The SMILES string of the molecule is Cc1cccc(NC(=O)N2CCN(C(=O)CC(C)N)CC2)c1.Cl. The number of carbonyl (C=O) groups is 2. The van der Waals surface area contributed by atoms with Crippen LogP contribution in [0.15, 0.2) is 24.3 Å². The molecule has 7 heteroatoms. The van der Waals surface area contributed by atoms with Crippen molar-refractivity contribution in [2.45, 2.75) is 26.3 Å². The summed E-state index contributed by atoms with van der Waals surface area (Å²) in [4.78, 5) is 27.7. The van der Waals surface area contributed by atoms with Gasteiger partial charge in [0.05, 0.1) is 0 Å². The van der Waals surface area contributed by atoms with Crippen LogP contribution in [0.2, 0.25) is 0 Å². The van der Waals surface area contributed by atoms with Gasteiger partial charge in [-0.3, -0.25) is 4.79 Å². The first-order valence-electron chi connectivity index (χ1n) is 7.61. The van der Waals surface area contributed by atoms with Crippen molar-refractivity contribution < 1.29 is 9.59 Å². The number of rotatable bonds is 3. The fourth-order valence-electron chi connectivity index (χ4n) is 2.49. The molecule has 128 valence electrons. The number of hydrogen-bond donors (Lipinski definition) is 2. The van der Waals surface area contributed by atoms with Crippen molar-refractivity contribution in [3.8, 4) is 0 Å². The van der Waals surface area contributed by atoms with Crippen molar-refractivity contribution in [1.82, 2.24) is 9.80 Å². The molecule has 0 bridgehead atoms. The van der Waals surface area contributed by atoms with E-state index in [1.54, 1.807) is 9.80 Å². The molecule has 3 N–H and O–H groups in total. The van der Waals surface area contributed by atoms with Crippen LogP contribution in [-0.4, -0.2) is 54.0 Å². The topological polar surface area (TPSA) is 78.7 Å². The van der Waals surface area contributed by atoms with E-state index in [0.29, 0.717) is 32.6 Å². The molecule has 23 heavy (non-hydrogen) atoms. The molecule has 3 amide bonds. The van der Waals surface area contributed by atoms with Crippen LogP contribution >= 0.6 is 12.4 Å². The average molecular weight is 341 g/mol. The maximum absolute atomic E-state index is 12.2. The van der Waals surface area contributed by atoms with E-state index in [9.17, 15) is 9.59 Å². The molecule has 1 unspecified atom stereocenters. The van der Waals surface area contributed by atoms with Gasteiger partial charge in [0.25, 0.3) is 0 Å². The molecule has 1 aromatic rings. The molecule has 1 aromatic carbocycles. The summed E-state index contributed by atoms with van der Waals surface area (Å²) in [6, 6.07) is 7.45. The number of halogens is 1. The molecule has 2 rings (SSSR count). The van der Waals surface area contributed by atoms with Gasteiger partial charge in [-0.2, -0.15) is 0 Å². The maximum Gasteiger partial charge on any atom is 0.321 e. The number of urea groups is 1. The second-order valence-electron chi connectivity index (χ2n) is 5.85. The maximum atomic E-state index is 12.2. The van der Waals surface area contributed by atoms with E-state index in [-0.39, 0.29) is 30.4 Å². The van der Waals surface area contributed by atoms with Gasteiger partial charge in [-0.15, -0.1) is 12.4 Å². The highest BCUT2D eigenvalue weighted by molar-refractivity contribution is 5.89. The zero-order valence-corrected chi connectivity index (χ0v) is 14.4. The summed E-state index contributed by atoms with van der Waals surface area (Å²) in [5, 5.41) is 2.89. The summed E-state index contributed by atoms with van der Waals surface area (Å²) in [5.41, 5.74) is 7.54. The third kappa shape index (κ3) is 5.73. The zero-order valence-electron chi connectivity index (χ0n) is 13.6. The number of nitrogens with two attached hydrogens (primary N) is 1. The van der Waals surface area contributed by atoms with Crippen LogP contribution in [0.25, 0.3) is 0 Å². The summed E-state index contributed by atoms with van der Waals surface area (Å²) < 4.78 is 0. The Morgan fingerprint density at radius 3 is 2.39 bits per heavy atom. The Morgan fingerprint density at radius 2 is 1.83 bits per heavy atom. The van der Waals surface area contributed by atoms with Gasteiger partial charge in [0.1, 0.15) is 0 Å². The molecular formula is C16H25ClN4O2. The third-order valence-electron chi connectivity index (χ3n) is 3.69. The van der Waals surface area contributed by atoms with E-state index in [1.165, 1.54) is 0 Å². The van der Waals surface area contributed by atoms with Crippen LogP contribution in [0, 0.1) is 6.92 Å². The van der Waals surface area contributed by atoms with Crippen molar-refractivity contribution in [3.63, 3.8) is 0 Å². The van der Waals surface area contributed by atoms with E-state index >= 15 is 0 Å². The van der Waals surface area contributed by atoms with Gasteiger partial charge in [0, 0.05) is 44.3 Å². The average Bonchev–Trinajstić information content (AvgIpc) is 2.46. The van der Waals surface area contributed by atoms with Crippen LogP contribution in [0.1, 0.15) is 18.9 Å². The monoisotopic (exact) mass is 340 g/mol. The molecule has 6 nitrogen and oxygen atoms in total. The molecule has 1 aliphatic rings. The van der Waals surface area contributed by atoms with Gasteiger partial charge in [-0.1, -0.05) is 12.1 Å². The summed E-state index contributed by atoms with van der Waals surface area (Å²) in [7, 11) is 0. The molecule has 0 aromatic heterocycles. The molecule has 1 heterocycles.